The number of hydrogen-bond donors (Lipinski definition) is 2. The highest BCUT2D eigenvalue weighted by Gasteiger charge is 2.29. The van der Waals surface area contributed by atoms with Gasteiger partial charge in [0.15, 0.2) is 5.75 Å². The molecule has 7 nitrogen and oxygen atoms in total. The normalized spacial score (nSPS) is 11.2. The van der Waals surface area contributed by atoms with Gasteiger partial charge in [-0.25, -0.2) is 15.0 Å². The molecule has 2 heterocycles. The first-order valence-corrected chi connectivity index (χ1v) is 8.60. The lowest BCUT2D eigenvalue weighted by atomic mass is 10.3. The van der Waals surface area contributed by atoms with Crippen LogP contribution in [0, 0.1) is 6.92 Å². The summed E-state index contributed by atoms with van der Waals surface area (Å²) in [5.41, 5.74) is 0.849. The molecule has 0 aliphatic heterocycles. The quantitative estimate of drug-likeness (QED) is 0.669. The molecule has 0 saturated heterocycles. The molecule has 0 spiro atoms. The summed E-state index contributed by atoms with van der Waals surface area (Å²) in [6.07, 6.45) is 3.28. The van der Waals surface area contributed by atoms with Crippen molar-refractivity contribution in [2.24, 2.45) is 0 Å². The van der Waals surface area contributed by atoms with Crippen molar-refractivity contribution in [1.29, 1.82) is 0 Å². The van der Waals surface area contributed by atoms with Crippen LogP contribution in [0.15, 0.2) is 18.3 Å². The lowest BCUT2D eigenvalue weighted by Gasteiger charge is -2.16. The Morgan fingerprint density at radius 3 is 2.63 bits per heavy atom. The summed E-state index contributed by atoms with van der Waals surface area (Å²) in [7, 11) is 0. The Balaban J connectivity index is 2.36. The zero-order valence-corrected chi connectivity index (χ0v) is 15.8. The van der Waals surface area contributed by atoms with E-state index >= 15 is 0 Å². The van der Waals surface area contributed by atoms with Gasteiger partial charge in [0.05, 0.1) is 18.5 Å². The molecule has 27 heavy (non-hydrogen) atoms. The monoisotopic (exact) mass is 379 g/mol. The van der Waals surface area contributed by atoms with Crippen LogP contribution in [0.4, 0.5) is 26.1 Å². The largest absolute Gasteiger partial charge is 0.490 e. The maximum atomic E-state index is 13.6. The molecule has 2 N–H and O–H groups in total. The van der Waals surface area contributed by atoms with Gasteiger partial charge < -0.3 is 15.4 Å². The second kappa shape index (κ2) is 8.70. The Morgan fingerprint density at radius 2 is 2.00 bits per heavy atom. The molecule has 1 amide bonds. The Labute approximate surface area is 156 Å². The summed E-state index contributed by atoms with van der Waals surface area (Å²) < 4.78 is 32.9. The van der Waals surface area contributed by atoms with Crippen molar-refractivity contribution in [2.75, 3.05) is 17.2 Å². The van der Waals surface area contributed by atoms with Crippen molar-refractivity contribution in [3.05, 3.63) is 29.8 Å². The second-order valence-corrected chi connectivity index (χ2v) is 6.18. The number of aryl methyl sites for hydroxylation is 1. The summed E-state index contributed by atoms with van der Waals surface area (Å²) in [5, 5.41) is 5.54. The molecule has 0 aliphatic carbocycles. The standard InChI is InChI=1S/C18H23F2N5O2/c1-5-6-7-27-14-10-21-15(23-12(3)26)9-13(14)24-16-8-11(2)22-17(25-16)18(4,19)20/h8-10H,5-7H2,1-4H3,(H2,21,22,23,24,25,26). The van der Waals surface area contributed by atoms with Crippen molar-refractivity contribution in [3.63, 3.8) is 0 Å². The average molecular weight is 379 g/mol. The summed E-state index contributed by atoms with van der Waals surface area (Å²) in [6, 6.07) is 3.10. The molecular weight excluding hydrogens is 356 g/mol. The van der Waals surface area contributed by atoms with Gasteiger partial charge in [0.2, 0.25) is 11.7 Å². The first-order chi connectivity index (χ1) is 12.7. The number of hydrogen-bond acceptors (Lipinski definition) is 6. The zero-order valence-electron chi connectivity index (χ0n) is 15.8. The molecule has 2 rings (SSSR count). The Kier molecular flexibility index (Phi) is 6.59. The number of ether oxygens (including phenoxy) is 1. The number of nitrogens with zero attached hydrogens (tertiary/aromatic N) is 3. The van der Waals surface area contributed by atoms with Gasteiger partial charge >= 0.3 is 5.92 Å². The van der Waals surface area contributed by atoms with E-state index in [9.17, 15) is 13.6 Å². The number of carbonyl (C=O) groups is 1. The first-order valence-electron chi connectivity index (χ1n) is 8.60. The van der Waals surface area contributed by atoms with Crippen LogP contribution >= 0.6 is 0 Å². The number of alkyl halides is 2. The fourth-order valence-corrected chi connectivity index (χ4v) is 2.20. The highest BCUT2D eigenvalue weighted by atomic mass is 19.3. The minimum Gasteiger partial charge on any atom is -0.490 e. The lowest BCUT2D eigenvalue weighted by molar-refractivity contribution is -0.114. The van der Waals surface area contributed by atoms with Crippen LogP contribution in [0.25, 0.3) is 0 Å². The molecule has 0 radical (unpaired) electrons. The van der Waals surface area contributed by atoms with Crippen LogP contribution < -0.4 is 15.4 Å². The van der Waals surface area contributed by atoms with Crippen LogP contribution in [0.1, 0.15) is 45.1 Å². The van der Waals surface area contributed by atoms with Gasteiger partial charge in [-0.1, -0.05) is 13.3 Å². The van der Waals surface area contributed by atoms with Crippen LogP contribution in [0.3, 0.4) is 0 Å². The number of anilines is 3. The number of unbranched alkanes of at least 4 members (excludes halogenated alkanes) is 1. The first kappa shape index (κ1) is 20.5. The second-order valence-electron chi connectivity index (χ2n) is 6.18. The predicted molar refractivity (Wildman–Crippen MR) is 98.6 cm³/mol. The van der Waals surface area contributed by atoms with Gasteiger partial charge in [-0.3, -0.25) is 4.79 Å². The summed E-state index contributed by atoms with van der Waals surface area (Å²) in [4.78, 5) is 23.1. The number of aromatic nitrogens is 3. The van der Waals surface area contributed by atoms with Crippen molar-refractivity contribution in [1.82, 2.24) is 15.0 Å². The third-order valence-electron chi connectivity index (χ3n) is 3.44. The van der Waals surface area contributed by atoms with Crippen molar-refractivity contribution in [2.45, 2.75) is 46.5 Å². The topological polar surface area (TPSA) is 89.0 Å². The molecular formula is C18H23F2N5O2. The van der Waals surface area contributed by atoms with E-state index in [0.717, 1.165) is 19.8 Å². The van der Waals surface area contributed by atoms with E-state index < -0.39 is 11.7 Å². The molecule has 0 aliphatic rings. The Morgan fingerprint density at radius 1 is 1.26 bits per heavy atom. The number of halogens is 2. The van der Waals surface area contributed by atoms with E-state index in [0.29, 0.717) is 29.6 Å². The maximum absolute atomic E-state index is 13.6. The van der Waals surface area contributed by atoms with Gasteiger partial charge in [0, 0.05) is 31.7 Å². The smallest absolute Gasteiger partial charge is 0.303 e. The number of amides is 1. The lowest BCUT2D eigenvalue weighted by Crippen LogP contribution is -2.14. The molecule has 0 bridgehead atoms. The highest BCUT2D eigenvalue weighted by molar-refractivity contribution is 5.88. The fraction of sp³-hybridized carbons (Fsp3) is 0.444. The summed E-state index contributed by atoms with van der Waals surface area (Å²) in [6.45, 7) is 6.23. The minimum atomic E-state index is -3.16. The van der Waals surface area contributed by atoms with Gasteiger partial charge in [-0.15, -0.1) is 0 Å². The van der Waals surface area contributed by atoms with E-state index in [1.165, 1.54) is 13.1 Å². The van der Waals surface area contributed by atoms with Crippen LogP contribution in [-0.4, -0.2) is 27.5 Å². The number of nitrogens with one attached hydrogen (secondary N) is 2. The van der Waals surface area contributed by atoms with Crippen molar-refractivity contribution < 1.29 is 18.3 Å². The SMILES string of the molecule is CCCCOc1cnc(NC(C)=O)cc1Nc1cc(C)nc(C(C)(F)F)n1. The fourth-order valence-electron chi connectivity index (χ4n) is 2.20. The Hall–Kier alpha value is -2.84. The van der Waals surface area contributed by atoms with Gasteiger partial charge in [0.1, 0.15) is 11.6 Å². The van der Waals surface area contributed by atoms with Crippen LogP contribution in [0.2, 0.25) is 0 Å². The maximum Gasteiger partial charge on any atom is 0.303 e. The van der Waals surface area contributed by atoms with E-state index in [-0.39, 0.29) is 11.7 Å². The zero-order chi connectivity index (χ0) is 20.0. The molecule has 9 heteroatoms. The van der Waals surface area contributed by atoms with Crippen molar-refractivity contribution in [3.8, 4) is 5.75 Å². The Bertz CT molecular complexity index is 809. The van der Waals surface area contributed by atoms with E-state index in [1.807, 2.05) is 6.92 Å². The molecule has 2 aromatic rings. The molecule has 0 saturated carbocycles. The average Bonchev–Trinajstić information content (AvgIpc) is 2.55. The van der Waals surface area contributed by atoms with E-state index in [4.69, 9.17) is 4.74 Å². The number of rotatable bonds is 8. The van der Waals surface area contributed by atoms with Gasteiger partial charge in [-0.05, 0) is 13.3 Å². The van der Waals surface area contributed by atoms with E-state index in [1.54, 1.807) is 19.1 Å². The van der Waals surface area contributed by atoms with Gasteiger partial charge in [0.25, 0.3) is 0 Å². The summed E-state index contributed by atoms with van der Waals surface area (Å²) >= 11 is 0. The van der Waals surface area contributed by atoms with Crippen LogP contribution in [-0.2, 0) is 10.7 Å². The molecule has 146 valence electrons. The number of carbonyl (C=O) groups excluding carboxylic acids is 1. The molecule has 0 fully saturated rings. The molecule has 0 atom stereocenters. The predicted octanol–water partition coefficient (Wildman–Crippen LogP) is 4.17. The van der Waals surface area contributed by atoms with E-state index in [2.05, 4.69) is 25.6 Å². The highest BCUT2D eigenvalue weighted by Crippen LogP contribution is 2.31. The molecule has 0 aromatic carbocycles. The number of pyridine rings is 1. The summed E-state index contributed by atoms with van der Waals surface area (Å²) in [5.74, 6) is -3.09. The molecule has 0 unspecified atom stereocenters. The van der Waals surface area contributed by atoms with Crippen LogP contribution in [0.5, 0.6) is 5.75 Å². The van der Waals surface area contributed by atoms with Gasteiger partial charge in [-0.2, -0.15) is 8.78 Å². The van der Waals surface area contributed by atoms with Crippen molar-refractivity contribution >= 4 is 23.2 Å². The minimum absolute atomic E-state index is 0.194. The molecule has 2 aromatic heterocycles. The third kappa shape index (κ3) is 6.12. The third-order valence-corrected chi connectivity index (χ3v) is 3.44.